The predicted octanol–water partition coefficient (Wildman–Crippen LogP) is 2.35. The van der Waals surface area contributed by atoms with E-state index >= 15 is 0 Å². The maximum atomic E-state index is 13.0. The second-order valence-electron chi connectivity index (χ2n) is 6.14. The third kappa shape index (κ3) is 5.55. The van der Waals surface area contributed by atoms with Crippen molar-refractivity contribution in [2.75, 3.05) is 13.1 Å². The molecule has 1 aromatic rings. The summed E-state index contributed by atoms with van der Waals surface area (Å²) in [5, 5.41) is 14.8. The minimum absolute atomic E-state index is 0.0924. The molecule has 0 aromatic heterocycles. The summed E-state index contributed by atoms with van der Waals surface area (Å²) >= 11 is 0. The number of aliphatic hydroxyl groups is 1. The highest BCUT2D eigenvalue weighted by Crippen LogP contribution is 2.18. The van der Waals surface area contributed by atoms with Gasteiger partial charge < -0.3 is 15.7 Å². The lowest BCUT2D eigenvalue weighted by molar-refractivity contribution is 0.0650. The van der Waals surface area contributed by atoms with Crippen LogP contribution in [0.3, 0.4) is 0 Å². The topological polar surface area (TPSA) is 61.4 Å². The molecule has 0 aliphatic heterocycles. The summed E-state index contributed by atoms with van der Waals surface area (Å²) in [4.78, 5) is 11.5. The molecule has 1 atom stereocenters. The molecule has 0 spiro atoms. The van der Waals surface area contributed by atoms with Crippen LogP contribution in [0.5, 0.6) is 0 Å². The van der Waals surface area contributed by atoms with Gasteiger partial charge in [0.15, 0.2) is 17.5 Å². The number of hydrogen-bond acceptors (Lipinski definition) is 2. The molecule has 2 amide bonds. The standard InChI is InChI=1S/C15H21F3N2O2/c1-15(2,3)12(21)8-20-14(22)19-5-4-9-6-10(16)13(18)11(17)7-9/h6-7,12,21H,4-5,8H2,1-3H3,(H2,19,20,22). The van der Waals surface area contributed by atoms with Crippen LogP contribution in [-0.4, -0.2) is 30.3 Å². The molecule has 7 heteroatoms. The highest BCUT2D eigenvalue weighted by atomic mass is 19.2. The fraction of sp³-hybridized carbons (Fsp3) is 0.533. The minimum Gasteiger partial charge on any atom is -0.391 e. The van der Waals surface area contributed by atoms with Crippen LogP contribution in [0.1, 0.15) is 26.3 Å². The number of carbonyl (C=O) groups excluding carboxylic acids is 1. The van der Waals surface area contributed by atoms with E-state index in [9.17, 15) is 23.1 Å². The van der Waals surface area contributed by atoms with Crippen molar-refractivity contribution in [3.05, 3.63) is 35.1 Å². The molecule has 1 rings (SSSR count). The molecule has 0 bridgehead atoms. The molecule has 124 valence electrons. The Labute approximate surface area is 127 Å². The minimum atomic E-state index is -1.51. The van der Waals surface area contributed by atoms with E-state index in [1.165, 1.54) is 0 Å². The van der Waals surface area contributed by atoms with Gasteiger partial charge in [-0.15, -0.1) is 0 Å². The van der Waals surface area contributed by atoms with Crippen molar-refractivity contribution in [1.29, 1.82) is 0 Å². The zero-order valence-electron chi connectivity index (χ0n) is 12.8. The van der Waals surface area contributed by atoms with Crippen LogP contribution in [-0.2, 0) is 6.42 Å². The van der Waals surface area contributed by atoms with Gasteiger partial charge in [0, 0.05) is 13.1 Å². The van der Waals surface area contributed by atoms with E-state index in [0.29, 0.717) is 0 Å². The van der Waals surface area contributed by atoms with Crippen molar-refractivity contribution < 1.29 is 23.1 Å². The van der Waals surface area contributed by atoms with Crippen LogP contribution in [0.15, 0.2) is 12.1 Å². The van der Waals surface area contributed by atoms with Crippen molar-refractivity contribution in [3.8, 4) is 0 Å². The van der Waals surface area contributed by atoms with Crippen molar-refractivity contribution in [2.24, 2.45) is 5.41 Å². The number of nitrogens with one attached hydrogen (secondary N) is 2. The molecule has 0 aliphatic rings. The number of carbonyl (C=O) groups is 1. The molecule has 0 saturated carbocycles. The summed E-state index contributed by atoms with van der Waals surface area (Å²) in [7, 11) is 0. The molecule has 1 aromatic carbocycles. The summed E-state index contributed by atoms with van der Waals surface area (Å²) in [6.07, 6.45) is -0.540. The van der Waals surface area contributed by atoms with E-state index in [2.05, 4.69) is 10.6 Å². The third-order valence-electron chi connectivity index (χ3n) is 3.20. The molecule has 0 radical (unpaired) electrons. The van der Waals surface area contributed by atoms with Gasteiger partial charge in [0.25, 0.3) is 0 Å². The predicted molar refractivity (Wildman–Crippen MR) is 76.9 cm³/mol. The smallest absolute Gasteiger partial charge is 0.314 e. The SMILES string of the molecule is CC(C)(C)C(O)CNC(=O)NCCc1cc(F)c(F)c(F)c1. The zero-order valence-corrected chi connectivity index (χ0v) is 12.8. The first-order chi connectivity index (χ1) is 10.1. The van der Waals surface area contributed by atoms with Crippen molar-refractivity contribution in [3.63, 3.8) is 0 Å². The summed E-state index contributed by atoms with van der Waals surface area (Å²) in [5.41, 5.74) is -0.109. The Morgan fingerprint density at radius 2 is 1.73 bits per heavy atom. The number of amides is 2. The van der Waals surface area contributed by atoms with Crippen LogP contribution in [0.4, 0.5) is 18.0 Å². The van der Waals surface area contributed by atoms with Gasteiger partial charge in [0.2, 0.25) is 0 Å². The maximum Gasteiger partial charge on any atom is 0.314 e. The second kappa shape index (κ2) is 7.49. The maximum absolute atomic E-state index is 13.0. The van der Waals surface area contributed by atoms with Crippen LogP contribution in [0.2, 0.25) is 0 Å². The quantitative estimate of drug-likeness (QED) is 0.730. The molecule has 0 fully saturated rings. The van der Waals surface area contributed by atoms with Gasteiger partial charge in [-0.25, -0.2) is 18.0 Å². The van der Waals surface area contributed by atoms with Gasteiger partial charge in [-0.2, -0.15) is 0 Å². The number of rotatable bonds is 5. The summed E-state index contributed by atoms with van der Waals surface area (Å²) in [6, 6.07) is 1.29. The third-order valence-corrected chi connectivity index (χ3v) is 3.20. The van der Waals surface area contributed by atoms with Crippen LogP contribution >= 0.6 is 0 Å². The first-order valence-electron chi connectivity index (χ1n) is 6.94. The number of urea groups is 1. The molecule has 22 heavy (non-hydrogen) atoms. The van der Waals surface area contributed by atoms with Gasteiger partial charge in [-0.1, -0.05) is 20.8 Å². The number of halogens is 3. The Kier molecular flexibility index (Phi) is 6.22. The Morgan fingerprint density at radius 1 is 1.18 bits per heavy atom. The molecular weight excluding hydrogens is 297 g/mol. The molecule has 3 N–H and O–H groups in total. The molecule has 1 unspecified atom stereocenters. The fourth-order valence-corrected chi connectivity index (χ4v) is 1.63. The van der Waals surface area contributed by atoms with Gasteiger partial charge in [0.05, 0.1) is 6.10 Å². The second-order valence-corrected chi connectivity index (χ2v) is 6.14. The molecule has 0 saturated heterocycles. The Bertz CT molecular complexity index is 507. The van der Waals surface area contributed by atoms with Gasteiger partial charge in [-0.05, 0) is 29.5 Å². The van der Waals surface area contributed by atoms with Crippen molar-refractivity contribution >= 4 is 6.03 Å². The van der Waals surface area contributed by atoms with Crippen LogP contribution in [0, 0.1) is 22.9 Å². The van der Waals surface area contributed by atoms with E-state index in [1.54, 1.807) is 0 Å². The van der Waals surface area contributed by atoms with Crippen molar-refractivity contribution in [1.82, 2.24) is 10.6 Å². The summed E-state index contributed by atoms with van der Waals surface area (Å²) in [5.74, 6) is -4.02. The number of benzene rings is 1. The van der Waals surface area contributed by atoms with E-state index in [0.717, 1.165) is 12.1 Å². The molecular formula is C15H21F3N2O2. The van der Waals surface area contributed by atoms with E-state index in [4.69, 9.17) is 0 Å². The van der Waals surface area contributed by atoms with Crippen LogP contribution < -0.4 is 10.6 Å². The highest BCUT2D eigenvalue weighted by molar-refractivity contribution is 5.73. The van der Waals surface area contributed by atoms with E-state index < -0.39 is 29.6 Å². The van der Waals surface area contributed by atoms with Gasteiger partial charge >= 0.3 is 6.03 Å². The summed E-state index contributed by atoms with van der Waals surface area (Å²) in [6.45, 7) is 5.75. The van der Waals surface area contributed by atoms with E-state index in [1.807, 2.05) is 20.8 Å². The average molecular weight is 318 g/mol. The Balaban J connectivity index is 2.37. The first kappa shape index (κ1) is 18.3. The molecule has 0 heterocycles. The Morgan fingerprint density at radius 3 is 2.23 bits per heavy atom. The molecule has 4 nitrogen and oxygen atoms in total. The lowest BCUT2D eigenvalue weighted by Crippen LogP contribution is -2.44. The largest absolute Gasteiger partial charge is 0.391 e. The highest BCUT2D eigenvalue weighted by Gasteiger charge is 2.22. The lowest BCUT2D eigenvalue weighted by Gasteiger charge is -2.25. The zero-order chi connectivity index (χ0) is 16.9. The first-order valence-corrected chi connectivity index (χ1v) is 6.94. The van der Waals surface area contributed by atoms with Gasteiger partial charge in [-0.3, -0.25) is 0 Å². The number of aliphatic hydroxyl groups excluding tert-OH is 1. The van der Waals surface area contributed by atoms with Crippen LogP contribution in [0.25, 0.3) is 0 Å². The summed E-state index contributed by atoms with van der Waals surface area (Å²) < 4.78 is 38.8. The lowest BCUT2D eigenvalue weighted by atomic mass is 9.89. The van der Waals surface area contributed by atoms with E-state index in [-0.39, 0.29) is 30.5 Å². The number of hydrogen-bond donors (Lipinski definition) is 3. The fourth-order valence-electron chi connectivity index (χ4n) is 1.63. The normalized spacial score (nSPS) is 12.9. The Hall–Kier alpha value is -1.76. The van der Waals surface area contributed by atoms with Gasteiger partial charge in [0.1, 0.15) is 0 Å². The van der Waals surface area contributed by atoms with Crippen molar-refractivity contribution in [2.45, 2.75) is 33.3 Å². The molecule has 0 aliphatic carbocycles. The average Bonchev–Trinajstić information content (AvgIpc) is 2.41. The monoisotopic (exact) mass is 318 g/mol.